The van der Waals surface area contributed by atoms with Crippen molar-refractivity contribution in [1.82, 2.24) is 0 Å². The molecule has 0 bridgehead atoms. The van der Waals surface area contributed by atoms with Crippen molar-refractivity contribution in [2.45, 2.75) is 25.4 Å². The van der Waals surface area contributed by atoms with Crippen LogP contribution in [0.5, 0.6) is 0 Å². The van der Waals surface area contributed by atoms with Crippen LogP contribution in [0.3, 0.4) is 0 Å². The van der Waals surface area contributed by atoms with Gasteiger partial charge in [0, 0.05) is 12.7 Å². The van der Waals surface area contributed by atoms with Crippen LogP contribution in [0, 0.1) is 5.82 Å². The van der Waals surface area contributed by atoms with Gasteiger partial charge in [0.2, 0.25) is 0 Å². The molecule has 0 aromatic heterocycles. The largest absolute Gasteiger partial charge is 0.379 e. The summed E-state index contributed by atoms with van der Waals surface area (Å²) in [5, 5.41) is 0. The second-order valence-corrected chi connectivity index (χ2v) is 4.84. The molecule has 5 heteroatoms. The topological polar surface area (TPSA) is 36.9 Å². The van der Waals surface area contributed by atoms with Gasteiger partial charge in [-0.3, -0.25) is 0 Å². The van der Waals surface area contributed by atoms with Gasteiger partial charge in [-0.05, 0) is 13.0 Å². The molecule has 1 aliphatic heterocycles. The number of methoxy groups -OCH3 is 1. The summed E-state index contributed by atoms with van der Waals surface area (Å²) in [4.78, 5) is 0. The van der Waals surface area contributed by atoms with Crippen molar-refractivity contribution in [3.8, 4) is 0 Å². The lowest BCUT2D eigenvalue weighted by Gasteiger charge is -2.37. The fourth-order valence-corrected chi connectivity index (χ4v) is 1.81. The third-order valence-corrected chi connectivity index (χ3v) is 2.99. The molecule has 1 heterocycles. The molecule has 0 unspecified atom stereocenters. The van der Waals surface area contributed by atoms with E-state index in [9.17, 15) is 4.39 Å². The van der Waals surface area contributed by atoms with Crippen LogP contribution in [0.1, 0.15) is 12.5 Å². The summed E-state index contributed by atoms with van der Waals surface area (Å²) < 4.78 is 35.1. The molecule has 1 aliphatic rings. The van der Waals surface area contributed by atoms with Crippen molar-refractivity contribution < 1.29 is 23.3 Å². The summed E-state index contributed by atoms with van der Waals surface area (Å²) in [6, 6.07) is 6.57. The van der Waals surface area contributed by atoms with E-state index in [1.165, 1.54) is 6.07 Å². The Morgan fingerprint density at radius 2 is 2.00 bits per heavy atom. The molecule has 0 amide bonds. The van der Waals surface area contributed by atoms with E-state index in [-0.39, 0.29) is 18.7 Å². The molecule has 0 N–H and O–H groups in total. The van der Waals surface area contributed by atoms with Crippen molar-refractivity contribution in [1.29, 1.82) is 0 Å². The quantitative estimate of drug-likeness (QED) is 0.821. The monoisotopic (exact) mass is 270 g/mol. The molecule has 1 aromatic carbocycles. The van der Waals surface area contributed by atoms with E-state index in [0.717, 1.165) is 0 Å². The average molecular weight is 270 g/mol. The van der Waals surface area contributed by atoms with Gasteiger partial charge in [-0.15, -0.1) is 0 Å². The van der Waals surface area contributed by atoms with E-state index in [2.05, 4.69) is 0 Å². The summed E-state index contributed by atoms with van der Waals surface area (Å²) in [7, 11) is 1.59. The molecule has 4 nitrogen and oxygen atoms in total. The Morgan fingerprint density at radius 1 is 1.32 bits per heavy atom. The van der Waals surface area contributed by atoms with Crippen molar-refractivity contribution in [3.63, 3.8) is 0 Å². The lowest BCUT2D eigenvalue weighted by atomic mass is 10.1. The van der Waals surface area contributed by atoms with Gasteiger partial charge in [0.15, 0.2) is 6.29 Å². The lowest BCUT2D eigenvalue weighted by Crippen LogP contribution is -2.48. The smallest absolute Gasteiger partial charge is 0.181 e. The van der Waals surface area contributed by atoms with Crippen LogP contribution in [-0.2, 0) is 25.6 Å². The van der Waals surface area contributed by atoms with Crippen molar-refractivity contribution in [2.24, 2.45) is 0 Å². The molecule has 2 rings (SSSR count). The Bertz CT molecular complexity index is 402. The van der Waals surface area contributed by atoms with Crippen molar-refractivity contribution >= 4 is 0 Å². The van der Waals surface area contributed by atoms with E-state index in [1.54, 1.807) is 25.3 Å². The molecule has 0 spiro atoms. The first-order chi connectivity index (χ1) is 9.13. The van der Waals surface area contributed by atoms with Gasteiger partial charge in [-0.1, -0.05) is 18.2 Å². The van der Waals surface area contributed by atoms with Gasteiger partial charge in [0.25, 0.3) is 0 Å². The number of rotatable bonds is 5. The van der Waals surface area contributed by atoms with E-state index in [0.29, 0.717) is 25.4 Å². The van der Waals surface area contributed by atoms with Crippen LogP contribution in [0.2, 0.25) is 0 Å². The Balaban J connectivity index is 1.84. The van der Waals surface area contributed by atoms with E-state index in [4.69, 9.17) is 18.9 Å². The first kappa shape index (κ1) is 14.4. The minimum absolute atomic E-state index is 0.199. The average Bonchev–Trinajstić information content (AvgIpc) is 2.41. The van der Waals surface area contributed by atoms with Crippen LogP contribution >= 0.6 is 0 Å². The van der Waals surface area contributed by atoms with E-state index < -0.39 is 5.60 Å². The van der Waals surface area contributed by atoms with Gasteiger partial charge in [0.1, 0.15) is 11.4 Å². The molecule has 19 heavy (non-hydrogen) atoms. The molecule has 1 fully saturated rings. The summed E-state index contributed by atoms with van der Waals surface area (Å²) in [5.41, 5.74) is -0.0327. The van der Waals surface area contributed by atoms with Gasteiger partial charge < -0.3 is 18.9 Å². The summed E-state index contributed by atoms with van der Waals surface area (Å²) in [6.07, 6.45) is -0.352. The highest BCUT2D eigenvalue weighted by atomic mass is 19.1. The normalized spacial score (nSPS) is 27.4. The summed E-state index contributed by atoms with van der Waals surface area (Å²) >= 11 is 0. The van der Waals surface area contributed by atoms with Crippen LogP contribution in [0.15, 0.2) is 24.3 Å². The van der Waals surface area contributed by atoms with Crippen molar-refractivity contribution in [2.75, 3.05) is 26.9 Å². The Kier molecular flexibility index (Phi) is 4.87. The summed E-state index contributed by atoms with van der Waals surface area (Å²) in [6.45, 7) is 3.27. The van der Waals surface area contributed by atoms with E-state index >= 15 is 0 Å². The molecule has 0 saturated carbocycles. The minimum atomic E-state index is -0.563. The Labute approximate surface area is 112 Å². The first-order valence-electron chi connectivity index (χ1n) is 6.22. The van der Waals surface area contributed by atoms with Crippen molar-refractivity contribution in [3.05, 3.63) is 35.6 Å². The molecular weight excluding hydrogens is 251 g/mol. The van der Waals surface area contributed by atoms with Crippen LogP contribution in [0.4, 0.5) is 4.39 Å². The standard InChI is InChI=1S/C14H19FO4/c1-14(9-17-13(8-16-2)18-10-14)19-7-11-5-3-4-6-12(11)15/h3-6,13H,7-10H2,1-2H3/t13-,14-. The zero-order valence-electron chi connectivity index (χ0n) is 11.2. The zero-order chi connectivity index (χ0) is 13.7. The highest BCUT2D eigenvalue weighted by Crippen LogP contribution is 2.22. The number of hydrogen-bond donors (Lipinski definition) is 0. The van der Waals surface area contributed by atoms with Gasteiger partial charge >= 0.3 is 0 Å². The third-order valence-electron chi connectivity index (χ3n) is 2.99. The molecule has 0 atom stereocenters. The molecule has 106 valence electrons. The molecule has 0 aliphatic carbocycles. The molecular formula is C14H19FO4. The SMILES string of the molecule is COC[C@H]1OC[C@](C)(OCc2ccccc2F)CO1. The van der Waals surface area contributed by atoms with Gasteiger partial charge in [0.05, 0.1) is 26.4 Å². The minimum Gasteiger partial charge on any atom is -0.379 e. The maximum atomic E-state index is 13.5. The van der Waals surface area contributed by atoms with Crippen LogP contribution in [0.25, 0.3) is 0 Å². The Morgan fingerprint density at radius 3 is 2.63 bits per heavy atom. The summed E-state index contributed by atoms with van der Waals surface area (Å²) in [5.74, 6) is -0.263. The number of halogens is 1. The molecule has 1 aromatic rings. The predicted molar refractivity (Wildman–Crippen MR) is 67.2 cm³/mol. The highest BCUT2D eigenvalue weighted by molar-refractivity contribution is 5.16. The fourth-order valence-electron chi connectivity index (χ4n) is 1.81. The molecule has 0 radical (unpaired) electrons. The van der Waals surface area contributed by atoms with Crippen LogP contribution in [-0.4, -0.2) is 38.8 Å². The predicted octanol–water partition coefficient (Wildman–Crippen LogP) is 2.12. The maximum Gasteiger partial charge on any atom is 0.181 e. The number of ether oxygens (including phenoxy) is 4. The van der Waals surface area contributed by atoms with Gasteiger partial charge in [-0.25, -0.2) is 4.39 Å². The number of hydrogen-bond acceptors (Lipinski definition) is 4. The highest BCUT2D eigenvalue weighted by Gasteiger charge is 2.33. The fraction of sp³-hybridized carbons (Fsp3) is 0.571. The lowest BCUT2D eigenvalue weighted by molar-refractivity contribution is -0.273. The maximum absolute atomic E-state index is 13.5. The Hall–Kier alpha value is -1.01. The molecule has 1 saturated heterocycles. The second-order valence-electron chi connectivity index (χ2n) is 4.84. The number of benzene rings is 1. The third kappa shape index (κ3) is 3.98. The zero-order valence-corrected chi connectivity index (χ0v) is 11.2. The van der Waals surface area contributed by atoms with Gasteiger partial charge in [-0.2, -0.15) is 0 Å². The second kappa shape index (κ2) is 6.43. The van der Waals surface area contributed by atoms with Crippen LogP contribution < -0.4 is 0 Å². The first-order valence-corrected chi connectivity index (χ1v) is 6.22. The van der Waals surface area contributed by atoms with E-state index in [1.807, 2.05) is 6.92 Å².